The zero-order valence-electron chi connectivity index (χ0n) is 15.2. The summed E-state index contributed by atoms with van der Waals surface area (Å²) in [7, 11) is 0. The number of halogens is 2. The maximum atomic E-state index is 12.3. The molecule has 1 aromatic rings. The van der Waals surface area contributed by atoms with Crippen LogP contribution in [-0.2, 0) is 4.74 Å². The van der Waals surface area contributed by atoms with Crippen molar-refractivity contribution >= 4 is 11.9 Å². The monoisotopic (exact) mass is 400 g/mol. The average Bonchev–Trinajstić information content (AvgIpc) is 2.87. The van der Waals surface area contributed by atoms with E-state index in [9.17, 15) is 13.9 Å². The highest BCUT2D eigenvalue weighted by molar-refractivity contribution is 7.97. The molecule has 1 unspecified atom stereocenters. The Bertz CT molecular complexity index is 614. The normalized spacial score (nSPS) is 32.1. The highest BCUT2D eigenvalue weighted by Crippen LogP contribution is 2.46. The van der Waals surface area contributed by atoms with Crippen LogP contribution in [0.3, 0.4) is 0 Å². The first-order valence-corrected chi connectivity index (χ1v) is 10.3. The van der Waals surface area contributed by atoms with Crippen LogP contribution in [0, 0.1) is 0 Å². The molecular weight excluding hydrogens is 374 g/mol. The van der Waals surface area contributed by atoms with E-state index in [1.165, 1.54) is 0 Å². The van der Waals surface area contributed by atoms with Gasteiger partial charge in [-0.05, 0) is 61.9 Å². The van der Waals surface area contributed by atoms with Crippen LogP contribution >= 0.6 is 11.9 Å². The second-order valence-electron chi connectivity index (χ2n) is 7.71. The van der Waals surface area contributed by atoms with Gasteiger partial charge in [-0.25, -0.2) is 4.31 Å². The lowest BCUT2D eigenvalue weighted by atomic mass is 9.87. The fraction of sp³-hybridized carbons (Fsp3) is 0.684. The van der Waals surface area contributed by atoms with Crippen LogP contribution in [0.15, 0.2) is 29.2 Å². The maximum absolute atomic E-state index is 12.3. The first-order valence-electron chi connectivity index (χ1n) is 9.54. The Morgan fingerprint density at radius 2 is 1.78 bits per heavy atom. The van der Waals surface area contributed by atoms with Crippen LogP contribution in [0.1, 0.15) is 25.7 Å². The molecule has 2 bridgehead atoms. The molecule has 0 aliphatic carbocycles. The van der Waals surface area contributed by atoms with E-state index in [1.54, 1.807) is 24.1 Å². The molecule has 0 spiro atoms. The van der Waals surface area contributed by atoms with E-state index in [-0.39, 0.29) is 5.75 Å². The molecule has 8 heteroatoms. The van der Waals surface area contributed by atoms with E-state index in [0.29, 0.717) is 12.1 Å². The average molecular weight is 400 g/mol. The minimum Gasteiger partial charge on any atom is -0.435 e. The fourth-order valence-corrected chi connectivity index (χ4v) is 5.70. The lowest BCUT2D eigenvalue weighted by Gasteiger charge is -2.45. The summed E-state index contributed by atoms with van der Waals surface area (Å²) in [5, 5.41) is 11.2. The zero-order chi connectivity index (χ0) is 18.9. The van der Waals surface area contributed by atoms with Gasteiger partial charge in [0.25, 0.3) is 0 Å². The van der Waals surface area contributed by atoms with Crippen molar-refractivity contribution in [2.45, 2.75) is 54.9 Å². The van der Waals surface area contributed by atoms with Crippen molar-refractivity contribution in [3.8, 4) is 5.75 Å². The number of aliphatic hydroxyl groups is 1. The summed E-state index contributed by atoms with van der Waals surface area (Å²) < 4.78 is 36.8. The summed E-state index contributed by atoms with van der Waals surface area (Å²) in [4.78, 5) is 3.32. The molecule has 3 atom stereocenters. The molecule has 0 amide bonds. The summed E-state index contributed by atoms with van der Waals surface area (Å²) >= 11 is 1.66. The first kappa shape index (κ1) is 19.4. The van der Waals surface area contributed by atoms with Gasteiger partial charge in [0, 0.05) is 36.6 Å². The third kappa shape index (κ3) is 4.74. The molecule has 3 heterocycles. The van der Waals surface area contributed by atoms with E-state index >= 15 is 0 Å². The lowest BCUT2D eigenvalue weighted by molar-refractivity contribution is -0.0682. The molecule has 27 heavy (non-hydrogen) atoms. The number of fused-ring (bicyclic) bond motifs is 2. The fourth-order valence-electron chi connectivity index (χ4n) is 4.54. The molecule has 3 aliphatic heterocycles. The second-order valence-corrected chi connectivity index (χ2v) is 8.78. The molecular formula is C19H26F2N2O3S. The molecule has 3 aliphatic rings. The second kappa shape index (κ2) is 8.21. The third-order valence-corrected chi connectivity index (χ3v) is 6.96. The van der Waals surface area contributed by atoms with Gasteiger partial charge in [0.05, 0.1) is 18.8 Å². The number of alkyl halides is 2. The van der Waals surface area contributed by atoms with Crippen molar-refractivity contribution in [3.05, 3.63) is 24.3 Å². The van der Waals surface area contributed by atoms with Crippen molar-refractivity contribution < 1.29 is 23.4 Å². The summed E-state index contributed by atoms with van der Waals surface area (Å²) in [6.07, 6.45) is 3.74. The Hall–Kier alpha value is -0.930. The van der Waals surface area contributed by atoms with Crippen molar-refractivity contribution in [3.63, 3.8) is 0 Å². The molecule has 1 N–H and O–H groups in total. The van der Waals surface area contributed by atoms with Gasteiger partial charge in [-0.2, -0.15) is 8.78 Å². The SMILES string of the molecule is OC1(CN2CCOCC2)C[C@H]2CC[C@@H](C1)N2Sc1ccc(OC(F)F)cc1. The minimum atomic E-state index is -2.80. The number of benzene rings is 1. The van der Waals surface area contributed by atoms with Gasteiger partial charge in [-0.15, -0.1) is 0 Å². The molecule has 4 rings (SSSR count). The number of β-amino-alcohol motifs (C(OH)–C–C–N with tert-alkyl or cyclic N) is 1. The molecule has 0 radical (unpaired) electrons. The highest BCUT2D eigenvalue weighted by atomic mass is 32.2. The first-order chi connectivity index (χ1) is 13.0. The topological polar surface area (TPSA) is 45.2 Å². The lowest BCUT2D eigenvalue weighted by Crippen LogP contribution is -2.55. The third-order valence-electron chi connectivity index (χ3n) is 5.67. The van der Waals surface area contributed by atoms with Crippen LogP contribution in [0.2, 0.25) is 0 Å². The quantitative estimate of drug-likeness (QED) is 0.741. The summed E-state index contributed by atoms with van der Waals surface area (Å²) in [6.45, 7) is 1.20. The molecule has 1 aromatic carbocycles. The smallest absolute Gasteiger partial charge is 0.387 e. The summed E-state index contributed by atoms with van der Waals surface area (Å²) in [6, 6.07) is 7.48. The van der Waals surface area contributed by atoms with Crippen molar-refractivity contribution in [1.82, 2.24) is 9.21 Å². The molecule has 150 valence electrons. The van der Waals surface area contributed by atoms with Crippen LogP contribution in [-0.4, -0.2) is 71.5 Å². The van der Waals surface area contributed by atoms with E-state index in [1.807, 2.05) is 12.1 Å². The molecule has 0 saturated carbocycles. The Morgan fingerprint density at radius 3 is 2.37 bits per heavy atom. The predicted molar refractivity (Wildman–Crippen MR) is 99.0 cm³/mol. The van der Waals surface area contributed by atoms with Gasteiger partial charge in [0.1, 0.15) is 5.75 Å². The number of nitrogens with zero attached hydrogens (tertiary/aromatic N) is 2. The standard InChI is InChI=1S/C19H26F2N2O3S/c20-18(21)26-16-3-5-17(6-4-16)27-23-14-1-2-15(23)12-19(24,11-14)13-22-7-9-25-10-8-22/h3-6,14-15,18,24H,1-2,7-13H2/t14-,15+,19?. The maximum Gasteiger partial charge on any atom is 0.387 e. The van der Waals surface area contributed by atoms with Crippen molar-refractivity contribution in [1.29, 1.82) is 0 Å². The Kier molecular flexibility index (Phi) is 5.89. The highest BCUT2D eigenvalue weighted by Gasteiger charge is 2.48. The van der Waals surface area contributed by atoms with Gasteiger partial charge in [0.15, 0.2) is 0 Å². The molecule has 3 fully saturated rings. The van der Waals surface area contributed by atoms with Gasteiger partial charge in [-0.3, -0.25) is 4.90 Å². The van der Waals surface area contributed by atoms with Crippen LogP contribution in [0.4, 0.5) is 8.78 Å². The molecule has 5 nitrogen and oxygen atoms in total. The number of morpholine rings is 1. The Labute approximate surface area is 162 Å². The van der Waals surface area contributed by atoms with Gasteiger partial charge in [-0.1, -0.05) is 0 Å². The van der Waals surface area contributed by atoms with E-state index in [0.717, 1.165) is 63.4 Å². The van der Waals surface area contributed by atoms with Crippen molar-refractivity contribution in [2.24, 2.45) is 0 Å². The number of ether oxygens (including phenoxy) is 2. The number of piperidine rings is 1. The Morgan fingerprint density at radius 1 is 1.15 bits per heavy atom. The summed E-state index contributed by atoms with van der Waals surface area (Å²) in [5.41, 5.74) is -0.630. The summed E-state index contributed by atoms with van der Waals surface area (Å²) in [5.74, 6) is 0.177. The van der Waals surface area contributed by atoms with Crippen LogP contribution in [0.5, 0.6) is 5.75 Å². The largest absolute Gasteiger partial charge is 0.435 e. The number of hydrogen-bond donors (Lipinski definition) is 1. The minimum absolute atomic E-state index is 0.177. The van der Waals surface area contributed by atoms with Crippen LogP contribution in [0.25, 0.3) is 0 Å². The number of hydrogen-bond acceptors (Lipinski definition) is 6. The van der Waals surface area contributed by atoms with E-state index < -0.39 is 12.2 Å². The van der Waals surface area contributed by atoms with Crippen molar-refractivity contribution in [2.75, 3.05) is 32.8 Å². The van der Waals surface area contributed by atoms with Gasteiger partial charge >= 0.3 is 6.61 Å². The van der Waals surface area contributed by atoms with Gasteiger partial charge < -0.3 is 14.6 Å². The van der Waals surface area contributed by atoms with Crippen LogP contribution < -0.4 is 4.74 Å². The predicted octanol–water partition coefficient (Wildman–Crippen LogP) is 2.99. The van der Waals surface area contributed by atoms with E-state index in [2.05, 4.69) is 13.9 Å². The zero-order valence-corrected chi connectivity index (χ0v) is 16.0. The van der Waals surface area contributed by atoms with Gasteiger partial charge in [0.2, 0.25) is 0 Å². The molecule has 3 saturated heterocycles. The van der Waals surface area contributed by atoms with E-state index in [4.69, 9.17) is 4.74 Å². The number of rotatable bonds is 6. The Balaban J connectivity index is 1.36. The molecule has 0 aromatic heterocycles.